The lowest BCUT2D eigenvalue weighted by atomic mass is 9.96. The molecule has 8 heteroatoms. The molecule has 0 bridgehead atoms. The first-order chi connectivity index (χ1) is 13.7. The standard InChI is InChI=1S/C21H28N4O4/c1-21(2,3)19(27)22-12-4-7-18(26)24-15-8-10-16(11-9-15)25-20(28)23-14-17-6-5-13-29-17/h5-6,8-11,13H,4,7,12,14H2,1-3H3,(H,22,27)(H,24,26)(H2,23,25,28). The van der Waals surface area contributed by atoms with E-state index in [1.54, 1.807) is 42.7 Å². The molecular weight excluding hydrogens is 372 g/mol. The van der Waals surface area contributed by atoms with Crippen LogP contribution in [0.1, 0.15) is 39.4 Å². The third-order valence-electron chi connectivity index (χ3n) is 3.98. The average Bonchev–Trinajstić information content (AvgIpc) is 3.18. The van der Waals surface area contributed by atoms with Crippen LogP contribution in [-0.4, -0.2) is 24.4 Å². The Morgan fingerprint density at radius 3 is 2.17 bits per heavy atom. The van der Waals surface area contributed by atoms with Crippen molar-refractivity contribution in [3.05, 3.63) is 48.4 Å². The lowest BCUT2D eigenvalue weighted by Gasteiger charge is -2.17. The minimum Gasteiger partial charge on any atom is -0.467 e. The number of benzene rings is 1. The highest BCUT2D eigenvalue weighted by Gasteiger charge is 2.20. The Morgan fingerprint density at radius 1 is 0.931 bits per heavy atom. The summed E-state index contributed by atoms with van der Waals surface area (Å²) in [5, 5.41) is 11.0. The second-order valence-electron chi connectivity index (χ2n) is 7.62. The molecule has 8 nitrogen and oxygen atoms in total. The molecule has 0 aliphatic heterocycles. The number of carbonyl (C=O) groups excluding carboxylic acids is 3. The van der Waals surface area contributed by atoms with E-state index in [1.165, 1.54) is 0 Å². The highest BCUT2D eigenvalue weighted by Crippen LogP contribution is 2.14. The van der Waals surface area contributed by atoms with Gasteiger partial charge in [0.2, 0.25) is 11.8 Å². The fourth-order valence-corrected chi connectivity index (χ4v) is 2.33. The molecule has 156 valence electrons. The van der Waals surface area contributed by atoms with Gasteiger partial charge >= 0.3 is 6.03 Å². The third kappa shape index (κ3) is 8.08. The monoisotopic (exact) mass is 400 g/mol. The second-order valence-corrected chi connectivity index (χ2v) is 7.62. The zero-order chi connectivity index (χ0) is 21.3. The molecule has 0 fully saturated rings. The Hall–Kier alpha value is -3.29. The van der Waals surface area contributed by atoms with Crippen molar-refractivity contribution in [2.45, 2.75) is 40.2 Å². The summed E-state index contributed by atoms with van der Waals surface area (Å²) >= 11 is 0. The number of nitrogens with one attached hydrogen (secondary N) is 4. The Bertz CT molecular complexity index is 808. The molecule has 0 saturated carbocycles. The molecule has 0 spiro atoms. The number of hydrogen-bond acceptors (Lipinski definition) is 4. The molecule has 0 radical (unpaired) electrons. The Balaban J connectivity index is 1.67. The van der Waals surface area contributed by atoms with E-state index in [4.69, 9.17) is 4.42 Å². The minimum absolute atomic E-state index is 0.0332. The molecule has 0 unspecified atom stereocenters. The largest absolute Gasteiger partial charge is 0.467 e. The van der Waals surface area contributed by atoms with Crippen LogP contribution in [0.2, 0.25) is 0 Å². The van der Waals surface area contributed by atoms with E-state index in [9.17, 15) is 14.4 Å². The first kappa shape index (κ1) is 22.0. The molecule has 0 aliphatic rings. The zero-order valence-corrected chi connectivity index (χ0v) is 17.0. The van der Waals surface area contributed by atoms with Crippen LogP contribution in [0.4, 0.5) is 16.2 Å². The lowest BCUT2D eigenvalue weighted by molar-refractivity contribution is -0.128. The van der Waals surface area contributed by atoms with Gasteiger partial charge in [0.25, 0.3) is 0 Å². The van der Waals surface area contributed by atoms with Crippen molar-refractivity contribution in [2.24, 2.45) is 5.41 Å². The van der Waals surface area contributed by atoms with Crippen LogP contribution in [0.5, 0.6) is 0 Å². The van der Waals surface area contributed by atoms with Crippen molar-refractivity contribution in [3.63, 3.8) is 0 Å². The molecule has 4 amide bonds. The van der Waals surface area contributed by atoms with Gasteiger partial charge in [-0.15, -0.1) is 0 Å². The normalized spacial score (nSPS) is 10.9. The molecule has 2 aromatic rings. The summed E-state index contributed by atoms with van der Waals surface area (Å²) in [7, 11) is 0. The number of urea groups is 1. The molecular formula is C21H28N4O4. The van der Waals surface area contributed by atoms with Crippen LogP contribution in [0, 0.1) is 5.41 Å². The number of amides is 4. The van der Waals surface area contributed by atoms with Gasteiger partial charge in [0.05, 0.1) is 12.8 Å². The summed E-state index contributed by atoms with van der Waals surface area (Å²) in [6.45, 7) is 6.28. The van der Waals surface area contributed by atoms with Crippen molar-refractivity contribution < 1.29 is 18.8 Å². The fraction of sp³-hybridized carbons (Fsp3) is 0.381. The molecule has 0 aliphatic carbocycles. The molecule has 1 aromatic carbocycles. The predicted octanol–water partition coefficient (Wildman–Crippen LogP) is 3.48. The van der Waals surface area contributed by atoms with Gasteiger partial charge in [-0.25, -0.2) is 4.79 Å². The third-order valence-corrected chi connectivity index (χ3v) is 3.98. The van der Waals surface area contributed by atoms with Crippen molar-refractivity contribution in [1.82, 2.24) is 10.6 Å². The Kier molecular flexibility index (Phi) is 7.82. The summed E-state index contributed by atoms with van der Waals surface area (Å²) in [5.74, 6) is 0.497. The Labute approximate surface area is 170 Å². The molecule has 4 N–H and O–H groups in total. The van der Waals surface area contributed by atoms with Gasteiger partial charge in [0.1, 0.15) is 5.76 Å². The van der Waals surface area contributed by atoms with Crippen molar-refractivity contribution in [1.29, 1.82) is 0 Å². The van der Waals surface area contributed by atoms with E-state index in [0.717, 1.165) is 0 Å². The Morgan fingerprint density at radius 2 is 1.59 bits per heavy atom. The number of anilines is 2. The average molecular weight is 400 g/mol. The topological polar surface area (TPSA) is 112 Å². The predicted molar refractivity (Wildman–Crippen MR) is 111 cm³/mol. The van der Waals surface area contributed by atoms with Crippen LogP contribution < -0.4 is 21.3 Å². The van der Waals surface area contributed by atoms with Crippen LogP contribution in [-0.2, 0) is 16.1 Å². The van der Waals surface area contributed by atoms with E-state index in [0.29, 0.717) is 43.1 Å². The van der Waals surface area contributed by atoms with Crippen LogP contribution in [0.15, 0.2) is 47.1 Å². The lowest BCUT2D eigenvalue weighted by Crippen LogP contribution is -2.35. The first-order valence-electron chi connectivity index (χ1n) is 9.49. The zero-order valence-electron chi connectivity index (χ0n) is 17.0. The molecule has 2 rings (SSSR count). The summed E-state index contributed by atoms with van der Waals surface area (Å²) in [4.78, 5) is 35.6. The highest BCUT2D eigenvalue weighted by atomic mass is 16.3. The van der Waals surface area contributed by atoms with Crippen molar-refractivity contribution >= 4 is 29.2 Å². The SMILES string of the molecule is CC(C)(C)C(=O)NCCCC(=O)Nc1ccc(NC(=O)NCc2ccco2)cc1. The molecule has 0 saturated heterocycles. The van der Waals surface area contributed by atoms with Crippen LogP contribution in [0.3, 0.4) is 0 Å². The van der Waals surface area contributed by atoms with Gasteiger partial charge < -0.3 is 25.7 Å². The number of carbonyl (C=O) groups is 3. The molecule has 1 aromatic heterocycles. The summed E-state index contributed by atoms with van der Waals surface area (Å²) in [6.07, 6.45) is 2.41. The van der Waals surface area contributed by atoms with Crippen molar-refractivity contribution in [3.8, 4) is 0 Å². The van der Waals surface area contributed by atoms with E-state index < -0.39 is 5.41 Å². The molecule has 1 heterocycles. The van der Waals surface area contributed by atoms with Gasteiger partial charge in [-0.3, -0.25) is 9.59 Å². The maximum Gasteiger partial charge on any atom is 0.319 e. The van der Waals surface area contributed by atoms with E-state index >= 15 is 0 Å². The van der Waals surface area contributed by atoms with Crippen LogP contribution >= 0.6 is 0 Å². The van der Waals surface area contributed by atoms with Gasteiger partial charge in [-0.1, -0.05) is 20.8 Å². The quantitative estimate of drug-likeness (QED) is 0.508. The number of rotatable bonds is 8. The minimum atomic E-state index is -0.437. The first-order valence-corrected chi connectivity index (χ1v) is 9.49. The van der Waals surface area contributed by atoms with Gasteiger partial charge in [-0.05, 0) is 42.8 Å². The van der Waals surface area contributed by atoms with Gasteiger partial charge in [0.15, 0.2) is 0 Å². The fourth-order valence-electron chi connectivity index (χ4n) is 2.33. The van der Waals surface area contributed by atoms with E-state index in [2.05, 4.69) is 21.3 Å². The summed E-state index contributed by atoms with van der Waals surface area (Å²) in [5.41, 5.74) is 0.799. The second kappa shape index (κ2) is 10.3. The maximum atomic E-state index is 12.0. The summed E-state index contributed by atoms with van der Waals surface area (Å²) < 4.78 is 5.15. The van der Waals surface area contributed by atoms with E-state index in [1.807, 2.05) is 20.8 Å². The summed E-state index contributed by atoms with van der Waals surface area (Å²) in [6, 6.07) is 10.00. The smallest absolute Gasteiger partial charge is 0.319 e. The number of hydrogen-bond donors (Lipinski definition) is 4. The molecule has 0 atom stereocenters. The number of furan rings is 1. The maximum absolute atomic E-state index is 12.0. The van der Waals surface area contributed by atoms with Gasteiger partial charge in [0, 0.05) is 29.8 Å². The molecule has 29 heavy (non-hydrogen) atoms. The van der Waals surface area contributed by atoms with Crippen molar-refractivity contribution in [2.75, 3.05) is 17.2 Å². The van der Waals surface area contributed by atoms with Crippen LogP contribution in [0.25, 0.3) is 0 Å². The van der Waals surface area contributed by atoms with Gasteiger partial charge in [-0.2, -0.15) is 0 Å². The highest BCUT2D eigenvalue weighted by molar-refractivity contribution is 5.92. The van der Waals surface area contributed by atoms with E-state index in [-0.39, 0.29) is 17.8 Å².